The lowest BCUT2D eigenvalue weighted by molar-refractivity contribution is 0.286. The quantitative estimate of drug-likeness (QED) is 0.404. The zero-order valence-electron chi connectivity index (χ0n) is 8.65. The van der Waals surface area contributed by atoms with Gasteiger partial charge in [-0.25, -0.2) is 0 Å². The summed E-state index contributed by atoms with van der Waals surface area (Å²) >= 11 is 11.7. The lowest BCUT2D eigenvalue weighted by Gasteiger charge is -2.35. The Kier molecular flexibility index (Phi) is 2.41. The van der Waals surface area contributed by atoms with Gasteiger partial charge in [0.25, 0.3) is 0 Å². The number of fused-ring (bicyclic) bond motifs is 1. The summed E-state index contributed by atoms with van der Waals surface area (Å²) in [6.45, 7) is 8.60. The van der Waals surface area contributed by atoms with Gasteiger partial charge in [-0.15, -0.1) is 23.2 Å². The molecule has 1 aliphatic carbocycles. The zero-order valence-corrected chi connectivity index (χ0v) is 10.2. The van der Waals surface area contributed by atoms with Crippen LogP contribution in [-0.2, 0) is 4.74 Å². The van der Waals surface area contributed by atoms with E-state index in [2.05, 4.69) is 20.4 Å². The fourth-order valence-electron chi connectivity index (χ4n) is 2.52. The van der Waals surface area contributed by atoms with Crippen LogP contribution in [0.1, 0.15) is 33.1 Å². The van der Waals surface area contributed by atoms with Gasteiger partial charge in [0.15, 0.2) is 0 Å². The van der Waals surface area contributed by atoms with Crippen LogP contribution in [0.25, 0.3) is 0 Å². The first-order valence-electron chi connectivity index (χ1n) is 5.04. The summed E-state index contributed by atoms with van der Waals surface area (Å²) in [6.07, 6.45) is 3.26. The first-order chi connectivity index (χ1) is 6.38. The van der Waals surface area contributed by atoms with E-state index in [4.69, 9.17) is 27.9 Å². The summed E-state index contributed by atoms with van der Waals surface area (Å²) in [4.78, 5) is -0.356. The van der Waals surface area contributed by atoms with Gasteiger partial charge in [0.2, 0.25) is 0 Å². The lowest BCUT2D eigenvalue weighted by Crippen LogP contribution is -2.34. The van der Waals surface area contributed by atoms with Crippen molar-refractivity contribution in [1.82, 2.24) is 0 Å². The fraction of sp³-hybridized carbons (Fsp3) is 0.818. The predicted molar refractivity (Wildman–Crippen MR) is 59.9 cm³/mol. The van der Waals surface area contributed by atoms with Gasteiger partial charge in [0, 0.05) is 6.42 Å². The molecular formula is C11H16Cl2O. The van der Waals surface area contributed by atoms with Crippen molar-refractivity contribution in [2.75, 3.05) is 0 Å². The molecule has 0 radical (unpaired) electrons. The molecule has 2 atom stereocenters. The van der Waals surface area contributed by atoms with Gasteiger partial charge in [0.05, 0.1) is 6.10 Å². The fourth-order valence-corrected chi connectivity index (χ4v) is 2.98. The third-order valence-corrected chi connectivity index (χ3v) is 3.94. The first kappa shape index (κ1) is 10.8. The van der Waals surface area contributed by atoms with Crippen LogP contribution in [0.15, 0.2) is 12.2 Å². The number of hydrogen-bond donors (Lipinski definition) is 0. The second-order valence-corrected chi connectivity index (χ2v) is 6.27. The molecule has 3 heteroatoms. The van der Waals surface area contributed by atoms with E-state index < -0.39 is 0 Å². The largest absolute Gasteiger partial charge is 0.361 e. The van der Waals surface area contributed by atoms with Crippen molar-refractivity contribution in [3.63, 3.8) is 0 Å². The molecule has 0 bridgehead atoms. The SMILES string of the molecule is C=C1C(C)(C)CCC2OC12CC(Cl)Cl. The van der Waals surface area contributed by atoms with Crippen LogP contribution >= 0.6 is 23.2 Å². The van der Waals surface area contributed by atoms with E-state index in [-0.39, 0.29) is 15.9 Å². The van der Waals surface area contributed by atoms with Gasteiger partial charge in [0.1, 0.15) is 10.4 Å². The number of alkyl halides is 2. The molecule has 2 unspecified atom stereocenters. The molecule has 0 N–H and O–H groups in total. The second-order valence-electron chi connectivity index (χ2n) is 4.99. The van der Waals surface area contributed by atoms with Crippen LogP contribution in [0.3, 0.4) is 0 Å². The lowest BCUT2D eigenvalue weighted by atomic mass is 9.68. The summed E-state index contributed by atoms with van der Waals surface area (Å²) in [5, 5.41) is 0. The molecule has 1 saturated heterocycles. The Morgan fingerprint density at radius 2 is 2.21 bits per heavy atom. The molecule has 14 heavy (non-hydrogen) atoms. The average molecular weight is 235 g/mol. The third kappa shape index (κ3) is 1.50. The molecule has 2 fully saturated rings. The predicted octanol–water partition coefficient (Wildman–Crippen LogP) is 3.69. The van der Waals surface area contributed by atoms with Crippen LogP contribution in [0, 0.1) is 5.41 Å². The topological polar surface area (TPSA) is 12.5 Å². The minimum absolute atomic E-state index is 0.162. The van der Waals surface area contributed by atoms with Crippen LogP contribution in [-0.4, -0.2) is 16.5 Å². The smallest absolute Gasteiger partial charge is 0.119 e. The number of halogens is 2. The molecule has 2 aliphatic rings. The normalized spacial score (nSPS) is 39.8. The maximum Gasteiger partial charge on any atom is 0.119 e. The molecule has 1 aliphatic heterocycles. The Bertz CT molecular complexity index is 272. The Morgan fingerprint density at radius 1 is 1.57 bits per heavy atom. The Labute approximate surface area is 95.4 Å². The van der Waals surface area contributed by atoms with Gasteiger partial charge in [-0.2, -0.15) is 0 Å². The minimum Gasteiger partial charge on any atom is -0.361 e. The van der Waals surface area contributed by atoms with E-state index in [1.807, 2.05) is 0 Å². The van der Waals surface area contributed by atoms with Crippen molar-refractivity contribution in [2.24, 2.45) is 5.41 Å². The Hall–Kier alpha value is 0.280. The van der Waals surface area contributed by atoms with Gasteiger partial charge in [-0.1, -0.05) is 20.4 Å². The van der Waals surface area contributed by atoms with Crippen molar-refractivity contribution in [3.05, 3.63) is 12.2 Å². The monoisotopic (exact) mass is 234 g/mol. The second kappa shape index (κ2) is 3.13. The first-order valence-corrected chi connectivity index (χ1v) is 5.91. The molecule has 2 rings (SSSR count). The van der Waals surface area contributed by atoms with E-state index in [0.717, 1.165) is 12.8 Å². The van der Waals surface area contributed by atoms with Crippen LogP contribution in [0.2, 0.25) is 0 Å². The van der Waals surface area contributed by atoms with Crippen LogP contribution in [0.4, 0.5) is 0 Å². The summed E-state index contributed by atoms with van der Waals surface area (Å²) in [6, 6.07) is 0. The standard InChI is InChI=1S/C11H16Cl2O/c1-7-10(2,3)5-4-8-11(7,14-8)6-9(12)13/h8-9H,1,4-6H2,2-3H3. The highest BCUT2D eigenvalue weighted by molar-refractivity contribution is 6.44. The highest BCUT2D eigenvalue weighted by Crippen LogP contribution is 2.59. The minimum atomic E-state index is -0.356. The van der Waals surface area contributed by atoms with Crippen LogP contribution < -0.4 is 0 Å². The zero-order chi connectivity index (χ0) is 10.6. The highest BCUT2D eigenvalue weighted by atomic mass is 35.5. The van der Waals surface area contributed by atoms with Gasteiger partial charge in [-0.05, 0) is 23.8 Å². The molecular weight excluding hydrogens is 219 g/mol. The average Bonchev–Trinajstić information content (AvgIpc) is 2.73. The number of epoxide rings is 1. The van der Waals surface area contributed by atoms with Gasteiger partial charge >= 0.3 is 0 Å². The van der Waals surface area contributed by atoms with Crippen molar-refractivity contribution >= 4 is 23.2 Å². The third-order valence-electron chi connectivity index (χ3n) is 3.63. The summed E-state index contributed by atoms with van der Waals surface area (Å²) in [5.74, 6) is 0. The van der Waals surface area contributed by atoms with Gasteiger partial charge < -0.3 is 4.74 Å². The molecule has 1 saturated carbocycles. The molecule has 0 amide bonds. The summed E-state index contributed by atoms with van der Waals surface area (Å²) < 4.78 is 5.76. The maximum atomic E-state index is 5.83. The van der Waals surface area contributed by atoms with Crippen molar-refractivity contribution in [1.29, 1.82) is 0 Å². The van der Waals surface area contributed by atoms with Gasteiger partial charge in [-0.3, -0.25) is 0 Å². The molecule has 0 spiro atoms. The number of hydrogen-bond acceptors (Lipinski definition) is 1. The van der Waals surface area contributed by atoms with Crippen molar-refractivity contribution in [3.8, 4) is 0 Å². The molecule has 1 heterocycles. The van der Waals surface area contributed by atoms with E-state index in [9.17, 15) is 0 Å². The Morgan fingerprint density at radius 3 is 2.79 bits per heavy atom. The highest BCUT2D eigenvalue weighted by Gasteiger charge is 2.63. The van der Waals surface area contributed by atoms with E-state index >= 15 is 0 Å². The summed E-state index contributed by atoms with van der Waals surface area (Å²) in [5.41, 5.74) is 1.14. The van der Waals surface area contributed by atoms with E-state index in [1.165, 1.54) is 5.57 Å². The molecule has 1 nitrogen and oxygen atoms in total. The molecule has 0 aromatic heterocycles. The molecule has 80 valence electrons. The van der Waals surface area contributed by atoms with Crippen LogP contribution in [0.5, 0.6) is 0 Å². The Balaban J connectivity index is 2.18. The van der Waals surface area contributed by atoms with E-state index in [0.29, 0.717) is 12.5 Å². The summed E-state index contributed by atoms with van der Waals surface area (Å²) in [7, 11) is 0. The van der Waals surface area contributed by atoms with E-state index in [1.54, 1.807) is 0 Å². The number of ether oxygens (including phenoxy) is 1. The molecule has 0 aromatic carbocycles. The number of rotatable bonds is 2. The maximum absolute atomic E-state index is 5.83. The molecule has 0 aromatic rings. The van der Waals surface area contributed by atoms with Crippen molar-refractivity contribution in [2.45, 2.75) is 49.7 Å². The van der Waals surface area contributed by atoms with Crippen molar-refractivity contribution < 1.29 is 4.74 Å².